The summed E-state index contributed by atoms with van der Waals surface area (Å²) in [5, 5.41) is 3.13. The highest BCUT2D eigenvalue weighted by molar-refractivity contribution is 7.18. The lowest BCUT2D eigenvalue weighted by molar-refractivity contribution is 0.0379. The molecule has 1 heterocycles. The van der Waals surface area contributed by atoms with Crippen LogP contribution in [-0.2, 0) is 9.47 Å². The van der Waals surface area contributed by atoms with Gasteiger partial charge in [0.05, 0.1) is 29.4 Å². The number of amides is 1. The molecule has 1 aromatic carbocycles. The van der Waals surface area contributed by atoms with E-state index in [4.69, 9.17) is 21.1 Å². The van der Waals surface area contributed by atoms with Crippen LogP contribution in [0.2, 0.25) is 5.02 Å². The summed E-state index contributed by atoms with van der Waals surface area (Å²) in [4.78, 5) is 37.2. The maximum atomic E-state index is 12.5. The van der Waals surface area contributed by atoms with Crippen LogP contribution in [0.25, 0.3) is 0 Å². The van der Waals surface area contributed by atoms with E-state index >= 15 is 0 Å². The van der Waals surface area contributed by atoms with E-state index in [0.717, 1.165) is 11.3 Å². The van der Waals surface area contributed by atoms with Crippen molar-refractivity contribution in [2.45, 2.75) is 26.9 Å². The van der Waals surface area contributed by atoms with Crippen molar-refractivity contribution in [3.05, 3.63) is 50.9 Å². The summed E-state index contributed by atoms with van der Waals surface area (Å²) in [7, 11) is 1.25. The second-order valence-electron chi connectivity index (χ2n) is 5.64. The summed E-state index contributed by atoms with van der Waals surface area (Å²) in [6.07, 6.45) is -0.351. The number of nitrogens with one attached hydrogen (secondary N) is 1. The third-order valence-corrected chi connectivity index (χ3v) is 4.93. The number of anilines is 1. The number of hydrogen-bond donors (Lipinski definition) is 1. The Kier molecular flexibility index (Phi) is 6.39. The fourth-order valence-corrected chi connectivity index (χ4v) is 3.55. The van der Waals surface area contributed by atoms with Gasteiger partial charge in [-0.05, 0) is 38.5 Å². The Hall–Kier alpha value is -2.38. The summed E-state index contributed by atoms with van der Waals surface area (Å²) < 4.78 is 9.97. The van der Waals surface area contributed by atoms with Gasteiger partial charge in [0.1, 0.15) is 9.88 Å². The fraction of sp³-hybridized carbons (Fsp3) is 0.278. The van der Waals surface area contributed by atoms with E-state index in [2.05, 4.69) is 5.32 Å². The second kappa shape index (κ2) is 8.33. The average Bonchev–Trinajstić information content (AvgIpc) is 2.90. The molecule has 1 N–H and O–H groups in total. The van der Waals surface area contributed by atoms with E-state index in [-0.39, 0.29) is 32.1 Å². The van der Waals surface area contributed by atoms with Gasteiger partial charge in [-0.15, -0.1) is 11.3 Å². The Morgan fingerprint density at radius 1 is 1.15 bits per heavy atom. The Morgan fingerprint density at radius 2 is 1.81 bits per heavy atom. The largest absolute Gasteiger partial charge is 0.465 e. The van der Waals surface area contributed by atoms with Crippen molar-refractivity contribution >= 4 is 45.8 Å². The number of carbonyl (C=O) groups is 3. The minimum absolute atomic E-state index is 0.129. The predicted molar refractivity (Wildman–Crippen MR) is 100 cm³/mol. The van der Waals surface area contributed by atoms with Gasteiger partial charge in [0.2, 0.25) is 0 Å². The van der Waals surface area contributed by atoms with E-state index in [1.165, 1.54) is 7.11 Å². The van der Waals surface area contributed by atoms with Crippen LogP contribution in [0.1, 0.15) is 49.8 Å². The van der Waals surface area contributed by atoms with Crippen LogP contribution in [0.4, 0.5) is 5.00 Å². The zero-order chi connectivity index (χ0) is 19.4. The molecule has 2 aromatic rings. The molecule has 0 saturated heterocycles. The molecule has 26 heavy (non-hydrogen) atoms. The van der Waals surface area contributed by atoms with Crippen LogP contribution < -0.4 is 5.32 Å². The van der Waals surface area contributed by atoms with Crippen LogP contribution in [0.3, 0.4) is 0 Å². The summed E-state index contributed by atoms with van der Waals surface area (Å²) in [6, 6.07) is 6.53. The van der Waals surface area contributed by atoms with Crippen molar-refractivity contribution < 1.29 is 23.9 Å². The van der Waals surface area contributed by atoms with Crippen LogP contribution in [0.5, 0.6) is 0 Å². The molecule has 8 heteroatoms. The number of carbonyl (C=O) groups excluding carboxylic acids is 3. The number of halogens is 1. The molecule has 6 nitrogen and oxygen atoms in total. The van der Waals surface area contributed by atoms with Crippen LogP contribution in [-0.4, -0.2) is 31.1 Å². The molecule has 2 rings (SSSR count). The summed E-state index contributed by atoms with van der Waals surface area (Å²) in [6.45, 7) is 5.02. The molecule has 0 bridgehead atoms. The molecule has 0 aliphatic rings. The van der Waals surface area contributed by atoms with Gasteiger partial charge in [0, 0.05) is 0 Å². The van der Waals surface area contributed by atoms with Crippen molar-refractivity contribution in [3.63, 3.8) is 0 Å². The van der Waals surface area contributed by atoms with Gasteiger partial charge in [0.25, 0.3) is 5.91 Å². The number of benzene rings is 1. The van der Waals surface area contributed by atoms with E-state index in [1.807, 2.05) is 0 Å². The van der Waals surface area contributed by atoms with Gasteiger partial charge in [0.15, 0.2) is 0 Å². The van der Waals surface area contributed by atoms with Gasteiger partial charge < -0.3 is 14.8 Å². The van der Waals surface area contributed by atoms with Gasteiger partial charge in [-0.1, -0.05) is 23.7 Å². The lowest BCUT2D eigenvalue weighted by atomic mass is 10.1. The maximum absolute atomic E-state index is 12.5. The van der Waals surface area contributed by atoms with E-state index < -0.39 is 17.8 Å². The van der Waals surface area contributed by atoms with Gasteiger partial charge in [-0.2, -0.15) is 0 Å². The number of methoxy groups -OCH3 is 1. The van der Waals surface area contributed by atoms with Crippen LogP contribution in [0, 0.1) is 6.92 Å². The first kappa shape index (κ1) is 19.9. The minimum atomic E-state index is -0.627. The first-order valence-corrected chi connectivity index (χ1v) is 8.94. The zero-order valence-corrected chi connectivity index (χ0v) is 16.3. The molecule has 0 spiro atoms. The first-order valence-electron chi connectivity index (χ1n) is 7.74. The van der Waals surface area contributed by atoms with Crippen molar-refractivity contribution in [3.8, 4) is 0 Å². The zero-order valence-electron chi connectivity index (χ0n) is 14.7. The second-order valence-corrected chi connectivity index (χ2v) is 7.07. The normalized spacial score (nSPS) is 10.5. The molecule has 0 aliphatic carbocycles. The molecule has 138 valence electrons. The van der Waals surface area contributed by atoms with Crippen molar-refractivity contribution in [1.82, 2.24) is 0 Å². The average molecular weight is 396 g/mol. The number of hydrogen-bond acceptors (Lipinski definition) is 6. The van der Waals surface area contributed by atoms with Crippen LogP contribution in [0.15, 0.2) is 24.3 Å². The maximum Gasteiger partial charge on any atom is 0.348 e. The van der Waals surface area contributed by atoms with Crippen molar-refractivity contribution in [2.24, 2.45) is 0 Å². The van der Waals surface area contributed by atoms with Crippen LogP contribution >= 0.6 is 22.9 Å². The number of esters is 2. The van der Waals surface area contributed by atoms with E-state index in [9.17, 15) is 14.4 Å². The van der Waals surface area contributed by atoms with Gasteiger partial charge in [-0.3, -0.25) is 4.79 Å². The van der Waals surface area contributed by atoms with Crippen molar-refractivity contribution in [1.29, 1.82) is 0 Å². The molecule has 0 fully saturated rings. The lowest BCUT2D eigenvalue weighted by Gasteiger charge is -2.10. The van der Waals surface area contributed by atoms with E-state index in [1.54, 1.807) is 45.0 Å². The molecular weight excluding hydrogens is 378 g/mol. The first-order chi connectivity index (χ1) is 12.3. The molecule has 0 unspecified atom stereocenters. The molecule has 1 aromatic heterocycles. The number of thiophene rings is 1. The van der Waals surface area contributed by atoms with Gasteiger partial charge >= 0.3 is 11.9 Å². The Balaban J connectivity index is 2.46. The molecule has 0 aliphatic heterocycles. The molecule has 0 atom stereocenters. The summed E-state index contributed by atoms with van der Waals surface area (Å²) >= 11 is 7.00. The monoisotopic (exact) mass is 395 g/mol. The quantitative estimate of drug-likeness (QED) is 0.762. The standard InChI is InChI=1S/C18H18ClNO5S/c1-9(2)25-17(22)13-10(3)14(18(23)24-4)26-16(13)20-15(21)11-7-5-6-8-12(11)19/h5-9H,1-4H3,(H,20,21). The highest BCUT2D eigenvalue weighted by Gasteiger charge is 2.28. The van der Waals surface area contributed by atoms with Crippen molar-refractivity contribution in [2.75, 3.05) is 12.4 Å². The number of rotatable bonds is 5. The third-order valence-electron chi connectivity index (χ3n) is 3.41. The topological polar surface area (TPSA) is 81.7 Å². The minimum Gasteiger partial charge on any atom is -0.465 e. The Labute approximate surface area is 160 Å². The molecule has 0 saturated carbocycles. The van der Waals surface area contributed by atoms with E-state index in [0.29, 0.717) is 5.56 Å². The highest BCUT2D eigenvalue weighted by atomic mass is 35.5. The third kappa shape index (κ3) is 4.23. The molecular formula is C18H18ClNO5S. The summed E-state index contributed by atoms with van der Waals surface area (Å²) in [5.74, 6) is -1.71. The number of ether oxygens (including phenoxy) is 2. The SMILES string of the molecule is COC(=O)c1sc(NC(=O)c2ccccc2Cl)c(C(=O)OC(C)C)c1C. The Morgan fingerprint density at radius 3 is 2.38 bits per heavy atom. The fourth-order valence-electron chi connectivity index (χ4n) is 2.22. The smallest absolute Gasteiger partial charge is 0.348 e. The highest BCUT2D eigenvalue weighted by Crippen LogP contribution is 2.35. The summed E-state index contributed by atoms with van der Waals surface area (Å²) in [5.41, 5.74) is 0.773. The Bertz CT molecular complexity index is 859. The molecule has 0 radical (unpaired) electrons. The van der Waals surface area contributed by atoms with Gasteiger partial charge in [-0.25, -0.2) is 9.59 Å². The predicted octanol–water partition coefficient (Wildman–Crippen LogP) is 4.31. The molecule has 1 amide bonds. The lowest BCUT2D eigenvalue weighted by Crippen LogP contribution is -2.17.